The lowest BCUT2D eigenvalue weighted by Gasteiger charge is -2.29. The highest BCUT2D eigenvalue weighted by Crippen LogP contribution is 2.24. The summed E-state index contributed by atoms with van der Waals surface area (Å²) >= 11 is 0. The van der Waals surface area contributed by atoms with Crippen LogP contribution in [0.25, 0.3) is 0 Å². The fourth-order valence-electron chi connectivity index (χ4n) is 0.841. The lowest BCUT2D eigenvalue weighted by atomic mass is 9.81. The second-order valence-corrected chi connectivity index (χ2v) is 4.72. The Kier molecular flexibility index (Phi) is 5.08. The first-order chi connectivity index (χ1) is 6.27. The van der Waals surface area contributed by atoms with E-state index in [1.807, 2.05) is 0 Å². The Hall–Kier alpha value is -0.610. The summed E-state index contributed by atoms with van der Waals surface area (Å²) in [5, 5.41) is 11.6. The van der Waals surface area contributed by atoms with Gasteiger partial charge in [0.05, 0.1) is 0 Å². The van der Waals surface area contributed by atoms with Crippen LogP contribution in [0.15, 0.2) is 0 Å². The number of rotatable bonds is 6. The zero-order valence-corrected chi connectivity index (χ0v) is 9.50. The second kappa shape index (κ2) is 5.32. The van der Waals surface area contributed by atoms with Crippen molar-refractivity contribution in [3.8, 4) is 0 Å². The Morgan fingerprint density at radius 3 is 2.36 bits per heavy atom. The van der Waals surface area contributed by atoms with Crippen molar-refractivity contribution >= 4 is 5.97 Å². The van der Waals surface area contributed by atoms with E-state index in [9.17, 15) is 4.79 Å². The molecule has 4 N–H and O–H groups in total. The van der Waals surface area contributed by atoms with Gasteiger partial charge in [-0.1, -0.05) is 27.7 Å². The van der Waals surface area contributed by atoms with Crippen LogP contribution in [-0.4, -0.2) is 30.2 Å². The largest absolute Gasteiger partial charge is 0.480 e. The Morgan fingerprint density at radius 2 is 2.00 bits per heavy atom. The highest BCUT2D eigenvalue weighted by atomic mass is 16.4. The van der Waals surface area contributed by atoms with Gasteiger partial charge in [0.25, 0.3) is 0 Å². The second-order valence-electron chi connectivity index (χ2n) is 4.72. The van der Waals surface area contributed by atoms with E-state index >= 15 is 0 Å². The molecule has 0 rings (SSSR count). The lowest BCUT2D eigenvalue weighted by Crippen LogP contribution is -2.44. The quantitative estimate of drug-likeness (QED) is 0.592. The van der Waals surface area contributed by atoms with Gasteiger partial charge >= 0.3 is 5.97 Å². The number of nitrogens with one attached hydrogen (secondary N) is 1. The Balaban J connectivity index is 3.79. The molecule has 0 aliphatic carbocycles. The summed E-state index contributed by atoms with van der Waals surface area (Å²) in [7, 11) is 0. The predicted octanol–water partition coefficient (Wildman–Crippen LogP) is 0.670. The Morgan fingerprint density at radius 1 is 1.50 bits per heavy atom. The molecule has 0 aromatic carbocycles. The van der Waals surface area contributed by atoms with Gasteiger partial charge < -0.3 is 16.2 Å². The van der Waals surface area contributed by atoms with Crippen LogP contribution in [-0.2, 0) is 4.79 Å². The van der Waals surface area contributed by atoms with E-state index < -0.39 is 12.0 Å². The number of nitrogens with two attached hydrogens (primary N) is 1. The molecule has 0 saturated heterocycles. The fraction of sp³-hybridized carbons (Fsp3) is 0.900. The first-order valence-electron chi connectivity index (χ1n) is 4.96. The molecule has 1 atom stereocenters. The number of hydrogen-bond acceptors (Lipinski definition) is 3. The van der Waals surface area contributed by atoms with Gasteiger partial charge in [-0.25, -0.2) is 0 Å². The van der Waals surface area contributed by atoms with Crippen molar-refractivity contribution in [1.29, 1.82) is 0 Å². The molecule has 0 saturated carbocycles. The molecule has 0 aliphatic heterocycles. The van der Waals surface area contributed by atoms with Crippen LogP contribution in [0.4, 0.5) is 0 Å². The third-order valence-electron chi connectivity index (χ3n) is 2.83. The van der Waals surface area contributed by atoms with Crippen molar-refractivity contribution in [3.63, 3.8) is 0 Å². The first kappa shape index (κ1) is 13.4. The molecular weight excluding hydrogens is 180 g/mol. The van der Waals surface area contributed by atoms with E-state index in [2.05, 4.69) is 33.0 Å². The van der Waals surface area contributed by atoms with Crippen LogP contribution in [0.1, 0.15) is 27.7 Å². The maximum atomic E-state index is 10.4. The number of carbonyl (C=O) groups is 1. The van der Waals surface area contributed by atoms with E-state index in [1.54, 1.807) is 0 Å². The topological polar surface area (TPSA) is 75.3 Å². The van der Waals surface area contributed by atoms with Crippen molar-refractivity contribution in [3.05, 3.63) is 0 Å². The molecule has 84 valence electrons. The van der Waals surface area contributed by atoms with Gasteiger partial charge in [-0.15, -0.1) is 0 Å². The van der Waals surface area contributed by atoms with Gasteiger partial charge in [-0.3, -0.25) is 4.79 Å². The predicted molar refractivity (Wildman–Crippen MR) is 57.1 cm³/mol. The molecule has 0 spiro atoms. The van der Waals surface area contributed by atoms with E-state index in [0.29, 0.717) is 12.5 Å². The molecular formula is C10H22N2O2. The van der Waals surface area contributed by atoms with Gasteiger partial charge in [0, 0.05) is 13.1 Å². The molecule has 0 aromatic heterocycles. The van der Waals surface area contributed by atoms with E-state index in [0.717, 1.165) is 6.54 Å². The van der Waals surface area contributed by atoms with Crippen LogP contribution >= 0.6 is 0 Å². The molecule has 14 heavy (non-hydrogen) atoms. The number of carboxylic acid groups (broad SMARTS) is 1. The fourth-order valence-corrected chi connectivity index (χ4v) is 0.841. The number of carboxylic acids is 1. The molecule has 0 amide bonds. The summed E-state index contributed by atoms with van der Waals surface area (Å²) in [4.78, 5) is 10.4. The summed E-state index contributed by atoms with van der Waals surface area (Å²) in [6, 6.07) is -0.807. The third-order valence-corrected chi connectivity index (χ3v) is 2.83. The van der Waals surface area contributed by atoms with Gasteiger partial charge in [0.1, 0.15) is 6.04 Å². The summed E-state index contributed by atoms with van der Waals surface area (Å²) in [5.41, 5.74) is 5.52. The van der Waals surface area contributed by atoms with Gasteiger partial charge in [-0.05, 0) is 11.3 Å². The van der Waals surface area contributed by atoms with Crippen molar-refractivity contribution in [2.45, 2.75) is 33.7 Å². The molecule has 0 heterocycles. The average Bonchev–Trinajstić information content (AvgIpc) is 2.03. The summed E-state index contributed by atoms with van der Waals surface area (Å²) in [6.45, 7) is 9.71. The van der Waals surface area contributed by atoms with Crippen molar-refractivity contribution in [2.75, 3.05) is 13.1 Å². The van der Waals surface area contributed by atoms with Crippen LogP contribution in [0, 0.1) is 11.3 Å². The molecule has 4 nitrogen and oxygen atoms in total. The molecule has 0 radical (unpaired) electrons. The van der Waals surface area contributed by atoms with E-state index in [1.165, 1.54) is 0 Å². The molecule has 1 unspecified atom stereocenters. The third kappa shape index (κ3) is 4.58. The van der Waals surface area contributed by atoms with Gasteiger partial charge in [0.2, 0.25) is 0 Å². The monoisotopic (exact) mass is 202 g/mol. The summed E-state index contributed by atoms with van der Waals surface area (Å²) < 4.78 is 0. The van der Waals surface area contributed by atoms with Crippen molar-refractivity contribution < 1.29 is 9.90 Å². The summed E-state index contributed by atoms with van der Waals surface area (Å²) in [5.74, 6) is -0.407. The summed E-state index contributed by atoms with van der Waals surface area (Å²) in [6.07, 6.45) is 0. The molecule has 0 bridgehead atoms. The minimum absolute atomic E-state index is 0.165. The zero-order chi connectivity index (χ0) is 11.4. The smallest absolute Gasteiger partial charge is 0.321 e. The van der Waals surface area contributed by atoms with E-state index in [-0.39, 0.29) is 5.41 Å². The standard InChI is InChI=1S/C10H22N2O2/c1-7(2)10(3,4)6-12-5-8(11)9(13)14/h7-8,12H,5-6,11H2,1-4H3,(H,13,14). The first-order valence-corrected chi connectivity index (χ1v) is 4.96. The zero-order valence-electron chi connectivity index (χ0n) is 9.50. The minimum atomic E-state index is -0.958. The normalized spacial score (nSPS) is 14.4. The highest BCUT2D eigenvalue weighted by molar-refractivity contribution is 5.73. The van der Waals surface area contributed by atoms with Crippen LogP contribution in [0.3, 0.4) is 0 Å². The van der Waals surface area contributed by atoms with Gasteiger partial charge in [0.15, 0.2) is 0 Å². The molecule has 0 aliphatic rings. The average molecular weight is 202 g/mol. The molecule has 4 heteroatoms. The Labute approximate surface area is 85.9 Å². The van der Waals surface area contributed by atoms with Crippen molar-refractivity contribution in [2.24, 2.45) is 17.1 Å². The van der Waals surface area contributed by atoms with Crippen LogP contribution in [0.2, 0.25) is 0 Å². The number of hydrogen-bond donors (Lipinski definition) is 3. The van der Waals surface area contributed by atoms with E-state index in [4.69, 9.17) is 10.8 Å². The van der Waals surface area contributed by atoms with Crippen LogP contribution < -0.4 is 11.1 Å². The number of aliphatic carboxylic acids is 1. The highest BCUT2D eigenvalue weighted by Gasteiger charge is 2.22. The van der Waals surface area contributed by atoms with Crippen molar-refractivity contribution in [1.82, 2.24) is 5.32 Å². The molecule has 0 aromatic rings. The SMILES string of the molecule is CC(C)C(C)(C)CNCC(N)C(=O)O. The van der Waals surface area contributed by atoms with Crippen LogP contribution in [0.5, 0.6) is 0 Å². The van der Waals surface area contributed by atoms with Gasteiger partial charge in [-0.2, -0.15) is 0 Å². The Bertz CT molecular complexity index is 191. The molecule has 0 fully saturated rings. The maximum Gasteiger partial charge on any atom is 0.321 e. The lowest BCUT2D eigenvalue weighted by molar-refractivity contribution is -0.138. The maximum absolute atomic E-state index is 10.4. The minimum Gasteiger partial charge on any atom is -0.480 e.